The molecular formula is C27H34N4O8S2. The van der Waals surface area contributed by atoms with Crippen LogP contribution in [0, 0.1) is 23.7 Å². The molecule has 2 heterocycles. The van der Waals surface area contributed by atoms with Crippen LogP contribution in [0.2, 0.25) is 0 Å². The van der Waals surface area contributed by atoms with Gasteiger partial charge in [-0.1, -0.05) is 12.8 Å². The number of nitrogens with one attached hydrogen (secondary N) is 1. The molecule has 3 aliphatic carbocycles. The van der Waals surface area contributed by atoms with Crippen molar-refractivity contribution in [2.24, 2.45) is 28.1 Å². The first kappa shape index (κ1) is 28.1. The van der Waals surface area contributed by atoms with Crippen LogP contribution in [0.1, 0.15) is 58.8 Å². The first-order valence-electron chi connectivity index (χ1n) is 14.1. The molecule has 2 bridgehead atoms. The summed E-state index contributed by atoms with van der Waals surface area (Å²) in [7, 11) is -8.66. The maximum Gasteiger partial charge on any atom is 0.428 e. The minimum Gasteiger partial charge on any atom is -0.446 e. The van der Waals surface area contributed by atoms with Crippen molar-refractivity contribution in [2.45, 2.75) is 81.9 Å². The summed E-state index contributed by atoms with van der Waals surface area (Å²) in [5.41, 5.74) is -0.213. The molecule has 5 atom stereocenters. The number of amidine groups is 1. The topological polar surface area (TPSA) is 160 Å². The van der Waals surface area contributed by atoms with Gasteiger partial charge < -0.3 is 15.0 Å². The maximum atomic E-state index is 14.0. The van der Waals surface area contributed by atoms with Gasteiger partial charge in [-0.3, -0.25) is 9.59 Å². The number of carbonyl (C=O) groups excluding carboxylic acids is 3. The van der Waals surface area contributed by atoms with Crippen molar-refractivity contribution in [3.8, 4) is 0 Å². The molecule has 2 amide bonds. The molecule has 1 aromatic rings. The number of ketones is 1. The second kappa shape index (κ2) is 9.79. The molecule has 0 aromatic heterocycles. The second-order valence-corrected chi connectivity index (χ2v) is 15.5. The lowest BCUT2D eigenvalue weighted by Crippen LogP contribution is -2.64. The Kier molecular flexibility index (Phi) is 6.72. The molecule has 6 rings (SSSR count). The van der Waals surface area contributed by atoms with Gasteiger partial charge in [-0.2, -0.15) is 12.7 Å². The zero-order valence-corrected chi connectivity index (χ0v) is 24.8. The quantitative estimate of drug-likeness (QED) is 0.497. The van der Waals surface area contributed by atoms with Crippen molar-refractivity contribution in [1.29, 1.82) is 0 Å². The Morgan fingerprint density at radius 1 is 1.12 bits per heavy atom. The number of carbonyl (C=O) groups is 3. The number of hydrogen-bond donors (Lipinski definition) is 1. The highest BCUT2D eigenvalue weighted by Crippen LogP contribution is 2.55. The molecule has 41 heavy (non-hydrogen) atoms. The molecule has 4 fully saturated rings. The highest BCUT2D eigenvalue weighted by atomic mass is 32.2. The third kappa shape index (κ3) is 4.62. The second-order valence-electron chi connectivity index (χ2n) is 12.1. The van der Waals surface area contributed by atoms with E-state index in [0.29, 0.717) is 10.2 Å². The molecule has 12 nitrogen and oxygen atoms in total. The Labute approximate surface area is 239 Å². The Morgan fingerprint density at radius 3 is 2.46 bits per heavy atom. The van der Waals surface area contributed by atoms with Crippen LogP contribution < -0.4 is 9.62 Å². The summed E-state index contributed by atoms with van der Waals surface area (Å²) in [6, 6.07) is 3.48. The lowest BCUT2D eigenvalue weighted by Gasteiger charge is -2.48. The summed E-state index contributed by atoms with van der Waals surface area (Å²) in [5, 5.41) is 2.90. The van der Waals surface area contributed by atoms with E-state index < -0.39 is 44.1 Å². The highest BCUT2D eigenvalue weighted by Gasteiger charge is 2.62. The van der Waals surface area contributed by atoms with Gasteiger partial charge in [-0.15, -0.1) is 4.40 Å². The number of Topliss-reactive ketones (excluding diaryl/α,β-unsaturated/α-hetero) is 1. The van der Waals surface area contributed by atoms with Gasteiger partial charge in [0.15, 0.2) is 11.7 Å². The minimum absolute atomic E-state index is 0.0347. The van der Waals surface area contributed by atoms with Crippen molar-refractivity contribution < 1.29 is 36.0 Å². The number of fused-ring (bicyclic) bond motifs is 6. The third-order valence-corrected chi connectivity index (χ3v) is 11.4. The monoisotopic (exact) mass is 606 g/mol. The lowest BCUT2D eigenvalue weighted by atomic mass is 9.72. The number of benzene rings is 1. The van der Waals surface area contributed by atoms with E-state index in [4.69, 9.17) is 4.74 Å². The van der Waals surface area contributed by atoms with E-state index in [0.717, 1.165) is 57.3 Å². The van der Waals surface area contributed by atoms with Gasteiger partial charge in [0, 0.05) is 18.0 Å². The molecule has 14 heteroatoms. The average Bonchev–Trinajstić information content (AvgIpc) is 3.62. The number of likely N-dealkylation sites (tertiary alicyclic amines) is 1. The van der Waals surface area contributed by atoms with Crippen molar-refractivity contribution in [2.75, 3.05) is 15.9 Å². The number of anilines is 2. The van der Waals surface area contributed by atoms with Crippen LogP contribution in [0.4, 0.5) is 16.2 Å². The Balaban J connectivity index is 1.37. The van der Waals surface area contributed by atoms with Crippen LogP contribution in [0.25, 0.3) is 0 Å². The fourth-order valence-electron chi connectivity index (χ4n) is 7.63. The smallest absolute Gasteiger partial charge is 0.428 e. The lowest BCUT2D eigenvalue weighted by molar-refractivity contribution is -0.155. The zero-order valence-electron chi connectivity index (χ0n) is 23.1. The van der Waals surface area contributed by atoms with Gasteiger partial charge in [-0.05, 0) is 76.0 Å². The number of nitrogens with zero attached hydrogens (tertiary/aromatic N) is 3. The maximum absolute atomic E-state index is 14.0. The van der Waals surface area contributed by atoms with Crippen molar-refractivity contribution in [3.63, 3.8) is 0 Å². The number of piperidine rings is 1. The largest absolute Gasteiger partial charge is 0.446 e. The molecule has 5 aliphatic rings. The Morgan fingerprint density at radius 2 is 1.80 bits per heavy atom. The number of ether oxygens (including phenoxy) is 1. The first-order valence-corrected chi connectivity index (χ1v) is 17.4. The molecule has 1 aromatic carbocycles. The van der Waals surface area contributed by atoms with Crippen LogP contribution in [-0.2, 0) is 34.4 Å². The Bertz CT molecular complexity index is 1560. The van der Waals surface area contributed by atoms with Gasteiger partial charge in [0.2, 0.25) is 15.9 Å². The minimum atomic E-state index is -4.48. The summed E-state index contributed by atoms with van der Waals surface area (Å²) in [5.74, 6) is -2.11. The molecule has 0 spiro atoms. The van der Waals surface area contributed by atoms with E-state index in [-0.39, 0.29) is 51.8 Å². The van der Waals surface area contributed by atoms with Gasteiger partial charge >= 0.3 is 6.09 Å². The number of rotatable bonds is 5. The molecular weight excluding hydrogens is 572 g/mol. The molecule has 2 aliphatic heterocycles. The zero-order chi connectivity index (χ0) is 29.4. The summed E-state index contributed by atoms with van der Waals surface area (Å²) in [4.78, 5) is 42.1. The summed E-state index contributed by atoms with van der Waals surface area (Å²) in [6.45, 7) is 3.10. The van der Waals surface area contributed by atoms with Crippen LogP contribution in [0.3, 0.4) is 0 Å². The van der Waals surface area contributed by atoms with Crippen molar-refractivity contribution in [3.05, 3.63) is 18.2 Å². The fraction of sp³-hybridized carbons (Fsp3) is 0.630. The van der Waals surface area contributed by atoms with Crippen molar-refractivity contribution >= 4 is 55.0 Å². The van der Waals surface area contributed by atoms with Gasteiger partial charge in [0.05, 0.1) is 23.7 Å². The number of hydrogen-bond acceptors (Lipinski definition) is 9. The van der Waals surface area contributed by atoms with E-state index in [1.807, 2.05) is 4.90 Å². The Hall–Kier alpha value is -3.00. The van der Waals surface area contributed by atoms with Gasteiger partial charge in [0.25, 0.3) is 10.0 Å². The standard InChI is InChI=1S/C27H34N4O8S2/c1-14(2)39-27(34)31(40(3,35)36)18-10-11-19-20(13-18)41(37,38)29-25(28-19)22-24(32)21-15-8-9-16(12-15)23(21)30(26(22)33)17-6-4-5-7-17/h10-11,13-17,21-23H,4-9,12H2,1-3H3,(H,28,29)/t15-,16+,21?,22?,23?/m0/s1. The van der Waals surface area contributed by atoms with Gasteiger partial charge in [-0.25, -0.2) is 13.2 Å². The predicted molar refractivity (Wildman–Crippen MR) is 149 cm³/mol. The van der Waals surface area contributed by atoms with E-state index in [1.165, 1.54) is 12.1 Å². The number of sulfonamides is 2. The summed E-state index contributed by atoms with van der Waals surface area (Å²) < 4.78 is 61.1. The van der Waals surface area contributed by atoms with Crippen LogP contribution in [0.5, 0.6) is 0 Å². The number of amides is 2. The van der Waals surface area contributed by atoms with E-state index >= 15 is 0 Å². The molecule has 0 radical (unpaired) electrons. The van der Waals surface area contributed by atoms with E-state index in [9.17, 15) is 31.2 Å². The molecule has 222 valence electrons. The molecule has 1 saturated heterocycles. The van der Waals surface area contributed by atoms with Crippen LogP contribution in [0.15, 0.2) is 27.5 Å². The van der Waals surface area contributed by atoms with Crippen LogP contribution in [-0.4, -0.2) is 69.8 Å². The van der Waals surface area contributed by atoms with E-state index in [2.05, 4.69) is 9.71 Å². The highest BCUT2D eigenvalue weighted by molar-refractivity contribution is 7.92. The third-order valence-electron chi connectivity index (χ3n) is 9.09. The normalized spacial score (nSPS) is 30.6. The van der Waals surface area contributed by atoms with Crippen molar-refractivity contribution in [1.82, 2.24) is 4.90 Å². The predicted octanol–water partition coefficient (Wildman–Crippen LogP) is 2.90. The SMILES string of the molecule is CC(C)OC(=O)N(c1ccc2c(c1)S(=O)(=O)N=C(C1C(=O)C3C([C@@H]4CC[C@H]3C4)N(C3CCCC3)C1=O)N2)S(C)(=O)=O. The summed E-state index contributed by atoms with van der Waals surface area (Å²) in [6.07, 6.45) is 5.59. The van der Waals surface area contributed by atoms with E-state index in [1.54, 1.807) is 13.8 Å². The van der Waals surface area contributed by atoms with Crippen LogP contribution >= 0.6 is 0 Å². The molecule has 3 saturated carbocycles. The average molecular weight is 607 g/mol. The molecule has 3 unspecified atom stereocenters. The van der Waals surface area contributed by atoms with Gasteiger partial charge in [0.1, 0.15) is 10.7 Å². The fourth-order valence-corrected chi connectivity index (χ4v) is 9.62. The summed E-state index contributed by atoms with van der Waals surface area (Å²) >= 11 is 0. The first-order chi connectivity index (χ1) is 19.3. The molecule has 1 N–H and O–H groups in total.